The molecule has 0 aliphatic carbocycles. The van der Waals surface area contributed by atoms with Crippen LogP contribution in [0.5, 0.6) is 0 Å². The van der Waals surface area contributed by atoms with Gasteiger partial charge in [-0.1, -0.05) is 11.6 Å². The van der Waals surface area contributed by atoms with Crippen LogP contribution in [0.3, 0.4) is 0 Å². The Morgan fingerprint density at radius 3 is 3.00 bits per heavy atom. The van der Waals surface area contributed by atoms with E-state index in [0.29, 0.717) is 17.9 Å². The third-order valence-corrected chi connectivity index (χ3v) is 2.77. The van der Waals surface area contributed by atoms with Gasteiger partial charge in [0.05, 0.1) is 12.7 Å². The highest BCUT2D eigenvalue weighted by Crippen LogP contribution is 2.12. The lowest BCUT2D eigenvalue weighted by molar-refractivity contribution is 0.0212. The molecule has 1 aliphatic heterocycles. The molecular formula is C11H15ClN2O. The first kappa shape index (κ1) is 10.9. The van der Waals surface area contributed by atoms with E-state index in [9.17, 15) is 0 Å². The topological polar surface area (TPSA) is 34.1 Å². The van der Waals surface area contributed by atoms with Crippen molar-refractivity contribution in [1.29, 1.82) is 0 Å². The molecule has 0 amide bonds. The van der Waals surface area contributed by atoms with Crippen molar-refractivity contribution in [2.45, 2.75) is 25.6 Å². The van der Waals surface area contributed by atoms with Crippen LogP contribution in [0.25, 0.3) is 0 Å². The molecule has 0 aromatic carbocycles. The Morgan fingerprint density at radius 1 is 1.47 bits per heavy atom. The van der Waals surface area contributed by atoms with E-state index in [1.807, 2.05) is 12.1 Å². The Bertz CT molecular complexity index is 313. The van der Waals surface area contributed by atoms with Crippen LogP contribution < -0.4 is 5.32 Å². The summed E-state index contributed by atoms with van der Waals surface area (Å²) in [5.74, 6) is 0. The molecule has 1 aromatic rings. The quantitative estimate of drug-likeness (QED) is 0.801. The van der Waals surface area contributed by atoms with Gasteiger partial charge < -0.3 is 10.1 Å². The van der Waals surface area contributed by atoms with E-state index in [2.05, 4.69) is 10.3 Å². The summed E-state index contributed by atoms with van der Waals surface area (Å²) in [6.45, 7) is 2.75. The molecule has 2 heterocycles. The number of nitrogens with one attached hydrogen (secondary N) is 1. The van der Waals surface area contributed by atoms with Crippen molar-refractivity contribution in [2.24, 2.45) is 0 Å². The zero-order chi connectivity index (χ0) is 10.5. The normalized spacial score (nSPS) is 17.9. The molecule has 0 atom stereocenters. The van der Waals surface area contributed by atoms with E-state index in [1.54, 1.807) is 6.20 Å². The van der Waals surface area contributed by atoms with Crippen LogP contribution in [-0.2, 0) is 11.3 Å². The van der Waals surface area contributed by atoms with Crippen LogP contribution in [0, 0.1) is 0 Å². The Kier molecular flexibility index (Phi) is 3.94. The van der Waals surface area contributed by atoms with E-state index >= 15 is 0 Å². The van der Waals surface area contributed by atoms with E-state index in [0.717, 1.165) is 31.5 Å². The summed E-state index contributed by atoms with van der Waals surface area (Å²) in [6, 6.07) is 3.79. The van der Waals surface area contributed by atoms with Gasteiger partial charge in [0.25, 0.3) is 0 Å². The number of pyridine rings is 1. The summed E-state index contributed by atoms with van der Waals surface area (Å²) in [5, 5.41) is 3.84. The van der Waals surface area contributed by atoms with Crippen molar-refractivity contribution in [3.63, 3.8) is 0 Å². The Morgan fingerprint density at radius 2 is 2.27 bits per heavy atom. The molecule has 0 saturated carbocycles. The first-order valence-corrected chi connectivity index (χ1v) is 5.65. The minimum Gasteiger partial charge on any atom is -0.373 e. The van der Waals surface area contributed by atoms with E-state index in [4.69, 9.17) is 16.3 Å². The molecule has 4 heteroatoms. The number of piperidine rings is 1. The lowest BCUT2D eigenvalue weighted by Crippen LogP contribution is -2.32. The highest BCUT2D eigenvalue weighted by molar-refractivity contribution is 6.29. The van der Waals surface area contributed by atoms with Crippen LogP contribution in [-0.4, -0.2) is 24.2 Å². The molecule has 1 fully saturated rings. The van der Waals surface area contributed by atoms with Crippen molar-refractivity contribution < 1.29 is 4.74 Å². The molecule has 1 N–H and O–H groups in total. The van der Waals surface area contributed by atoms with Crippen molar-refractivity contribution in [1.82, 2.24) is 10.3 Å². The predicted molar refractivity (Wildman–Crippen MR) is 59.9 cm³/mol. The van der Waals surface area contributed by atoms with Crippen LogP contribution >= 0.6 is 11.6 Å². The first-order valence-electron chi connectivity index (χ1n) is 5.27. The minimum absolute atomic E-state index is 0.387. The lowest BCUT2D eigenvalue weighted by Gasteiger charge is -2.22. The van der Waals surface area contributed by atoms with Gasteiger partial charge in [0.1, 0.15) is 5.15 Å². The number of nitrogens with zero attached hydrogens (tertiary/aromatic N) is 1. The molecule has 1 saturated heterocycles. The Hall–Kier alpha value is -0.640. The largest absolute Gasteiger partial charge is 0.373 e. The van der Waals surface area contributed by atoms with E-state index in [1.165, 1.54) is 0 Å². The highest BCUT2D eigenvalue weighted by atomic mass is 35.5. The van der Waals surface area contributed by atoms with Crippen LogP contribution in [0.1, 0.15) is 18.4 Å². The molecule has 1 aliphatic rings. The smallest absolute Gasteiger partial charge is 0.129 e. The number of hydrogen-bond donors (Lipinski definition) is 1. The van der Waals surface area contributed by atoms with Gasteiger partial charge in [0.2, 0.25) is 0 Å². The molecule has 2 rings (SSSR count). The van der Waals surface area contributed by atoms with Crippen molar-refractivity contribution >= 4 is 11.6 Å². The molecule has 82 valence electrons. The average Bonchev–Trinajstić information content (AvgIpc) is 2.28. The SMILES string of the molecule is Clc1cc(COC2CCNCC2)ccn1. The fourth-order valence-corrected chi connectivity index (χ4v) is 1.91. The maximum Gasteiger partial charge on any atom is 0.129 e. The van der Waals surface area contributed by atoms with Gasteiger partial charge in [-0.2, -0.15) is 0 Å². The summed E-state index contributed by atoms with van der Waals surface area (Å²) in [6.07, 6.45) is 4.29. The van der Waals surface area contributed by atoms with Gasteiger partial charge in [0, 0.05) is 6.20 Å². The second-order valence-corrected chi connectivity index (χ2v) is 4.13. The molecule has 0 spiro atoms. The Labute approximate surface area is 94.8 Å². The number of rotatable bonds is 3. The Balaban J connectivity index is 1.81. The fourth-order valence-electron chi connectivity index (χ4n) is 1.71. The maximum atomic E-state index is 5.80. The molecule has 3 nitrogen and oxygen atoms in total. The minimum atomic E-state index is 0.387. The van der Waals surface area contributed by atoms with Crippen molar-refractivity contribution in [3.8, 4) is 0 Å². The van der Waals surface area contributed by atoms with Gasteiger partial charge in [-0.15, -0.1) is 0 Å². The van der Waals surface area contributed by atoms with E-state index in [-0.39, 0.29) is 0 Å². The standard InChI is InChI=1S/C11H15ClN2O/c12-11-7-9(1-6-14-11)8-15-10-2-4-13-5-3-10/h1,6-7,10,13H,2-5,8H2. The second kappa shape index (κ2) is 5.45. The zero-order valence-corrected chi connectivity index (χ0v) is 9.33. The zero-order valence-electron chi connectivity index (χ0n) is 8.58. The van der Waals surface area contributed by atoms with Crippen LogP contribution in [0.15, 0.2) is 18.3 Å². The number of aromatic nitrogens is 1. The van der Waals surface area contributed by atoms with Gasteiger partial charge in [0.15, 0.2) is 0 Å². The highest BCUT2D eigenvalue weighted by Gasteiger charge is 2.12. The van der Waals surface area contributed by atoms with Crippen molar-refractivity contribution in [2.75, 3.05) is 13.1 Å². The summed E-state index contributed by atoms with van der Waals surface area (Å²) < 4.78 is 5.80. The van der Waals surface area contributed by atoms with Gasteiger partial charge >= 0.3 is 0 Å². The van der Waals surface area contributed by atoms with Gasteiger partial charge in [-0.3, -0.25) is 0 Å². The third kappa shape index (κ3) is 3.45. The fraction of sp³-hybridized carbons (Fsp3) is 0.545. The van der Waals surface area contributed by atoms with Crippen molar-refractivity contribution in [3.05, 3.63) is 29.0 Å². The molecular weight excluding hydrogens is 212 g/mol. The molecule has 0 unspecified atom stereocenters. The molecule has 0 radical (unpaired) electrons. The van der Waals surface area contributed by atoms with Crippen LogP contribution in [0.4, 0.5) is 0 Å². The summed E-state index contributed by atoms with van der Waals surface area (Å²) in [7, 11) is 0. The first-order chi connectivity index (χ1) is 7.34. The van der Waals surface area contributed by atoms with Gasteiger partial charge in [-0.05, 0) is 43.6 Å². The molecule has 15 heavy (non-hydrogen) atoms. The maximum absolute atomic E-state index is 5.80. The number of hydrogen-bond acceptors (Lipinski definition) is 3. The monoisotopic (exact) mass is 226 g/mol. The summed E-state index contributed by atoms with van der Waals surface area (Å²) in [5.41, 5.74) is 1.09. The van der Waals surface area contributed by atoms with Crippen LogP contribution in [0.2, 0.25) is 5.15 Å². The average molecular weight is 227 g/mol. The predicted octanol–water partition coefficient (Wildman–Crippen LogP) is 2.00. The summed E-state index contributed by atoms with van der Waals surface area (Å²) in [4.78, 5) is 3.93. The third-order valence-electron chi connectivity index (χ3n) is 2.56. The number of ether oxygens (including phenoxy) is 1. The van der Waals surface area contributed by atoms with Gasteiger partial charge in [-0.25, -0.2) is 4.98 Å². The molecule has 1 aromatic heterocycles. The summed E-state index contributed by atoms with van der Waals surface area (Å²) >= 11 is 5.79. The number of halogens is 1. The lowest BCUT2D eigenvalue weighted by atomic mass is 10.1. The van der Waals surface area contributed by atoms with E-state index < -0.39 is 0 Å². The molecule has 0 bridgehead atoms. The second-order valence-electron chi connectivity index (χ2n) is 3.75.